The predicted octanol–water partition coefficient (Wildman–Crippen LogP) is 3.62. The Labute approximate surface area is 75.3 Å². The average molecular weight is 277 g/mol. The molecule has 13 heavy (non-hydrogen) atoms. The molecule has 0 fully saturated rings. The normalized spacial score (nSPS) is 12.6. The maximum absolute atomic E-state index is 11.9. The highest BCUT2D eigenvalue weighted by atomic mass is 79.9. The van der Waals surface area contributed by atoms with Gasteiger partial charge in [-0.3, -0.25) is 0 Å². The van der Waals surface area contributed by atoms with Gasteiger partial charge < -0.3 is 4.74 Å². The standard InChI is InChI=1S/C4BrF7O/c5-3(9,10)4(11,12)13-2(8)1(6)7. The Morgan fingerprint density at radius 1 is 1.00 bits per heavy atom. The molecule has 0 rings (SSSR count). The van der Waals surface area contributed by atoms with Gasteiger partial charge in [-0.05, 0) is 0 Å². The Kier molecular flexibility index (Phi) is 3.59. The van der Waals surface area contributed by atoms with Gasteiger partial charge in [0.2, 0.25) is 0 Å². The molecular formula is C4BrF7O. The van der Waals surface area contributed by atoms with Gasteiger partial charge in [0.1, 0.15) is 0 Å². The second-order valence-corrected chi connectivity index (χ2v) is 2.65. The largest absolute Gasteiger partial charge is 0.477 e. The van der Waals surface area contributed by atoms with E-state index in [1.54, 1.807) is 0 Å². The fraction of sp³-hybridized carbons (Fsp3) is 0.500. The van der Waals surface area contributed by atoms with Crippen LogP contribution < -0.4 is 0 Å². The van der Waals surface area contributed by atoms with Crippen molar-refractivity contribution in [2.24, 2.45) is 0 Å². The lowest BCUT2D eigenvalue weighted by atomic mass is 10.6. The van der Waals surface area contributed by atoms with Gasteiger partial charge in [-0.1, -0.05) is 0 Å². The van der Waals surface area contributed by atoms with Crippen molar-refractivity contribution in [1.82, 2.24) is 0 Å². The lowest BCUT2D eigenvalue weighted by molar-refractivity contribution is -0.303. The first-order valence-corrected chi connectivity index (χ1v) is 3.21. The van der Waals surface area contributed by atoms with Crippen molar-refractivity contribution in [2.45, 2.75) is 10.9 Å². The molecule has 0 radical (unpaired) electrons. The molecule has 0 aliphatic carbocycles. The van der Waals surface area contributed by atoms with E-state index >= 15 is 0 Å². The van der Waals surface area contributed by atoms with E-state index in [9.17, 15) is 30.7 Å². The minimum atomic E-state index is -5.39. The summed E-state index contributed by atoms with van der Waals surface area (Å²) in [6.07, 6.45) is -8.64. The highest BCUT2D eigenvalue weighted by Gasteiger charge is 2.58. The van der Waals surface area contributed by atoms with Crippen molar-refractivity contribution in [2.75, 3.05) is 0 Å². The highest BCUT2D eigenvalue weighted by molar-refractivity contribution is 9.10. The zero-order chi connectivity index (χ0) is 10.9. The highest BCUT2D eigenvalue weighted by Crippen LogP contribution is 2.42. The molecule has 0 amide bonds. The summed E-state index contributed by atoms with van der Waals surface area (Å²) in [7, 11) is 0. The van der Waals surface area contributed by atoms with Crippen molar-refractivity contribution in [3.05, 3.63) is 12.1 Å². The zero-order valence-electron chi connectivity index (χ0n) is 5.43. The molecule has 0 aliphatic heterocycles. The van der Waals surface area contributed by atoms with Gasteiger partial charge in [0.05, 0.1) is 0 Å². The first-order chi connectivity index (χ1) is 5.58. The smallest absolute Gasteiger partial charge is 0.397 e. The third-order valence-electron chi connectivity index (χ3n) is 0.696. The summed E-state index contributed by atoms with van der Waals surface area (Å²) in [6, 6.07) is -3.05. The Morgan fingerprint density at radius 2 is 1.38 bits per heavy atom. The van der Waals surface area contributed by atoms with Crippen LogP contribution in [0.5, 0.6) is 0 Å². The first-order valence-electron chi connectivity index (χ1n) is 2.42. The van der Waals surface area contributed by atoms with E-state index in [2.05, 4.69) is 4.74 Å². The van der Waals surface area contributed by atoms with Crippen LogP contribution in [0.1, 0.15) is 0 Å². The van der Waals surface area contributed by atoms with Crippen molar-refractivity contribution in [3.8, 4) is 0 Å². The molecule has 0 aromatic carbocycles. The molecule has 0 aromatic rings. The van der Waals surface area contributed by atoms with Crippen LogP contribution in [0.2, 0.25) is 0 Å². The second kappa shape index (κ2) is 3.72. The molecule has 0 heterocycles. The summed E-state index contributed by atoms with van der Waals surface area (Å²) in [4.78, 5) is -4.94. The number of hydrogen-bond acceptors (Lipinski definition) is 1. The van der Waals surface area contributed by atoms with Crippen molar-refractivity contribution in [1.29, 1.82) is 0 Å². The minimum Gasteiger partial charge on any atom is -0.397 e. The van der Waals surface area contributed by atoms with E-state index in [1.165, 1.54) is 0 Å². The lowest BCUT2D eigenvalue weighted by Gasteiger charge is -2.19. The molecule has 0 atom stereocenters. The molecule has 0 saturated heterocycles. The van der Waals surface area contributed by atoms with Crippen molar-refractivity contribution >= 4 is 15.9 Å². The van der Waals surface area contributed by atoms with E-state index in [4.69, 9.17) is 0 Å². The number of ether oxygens (including phenoxy) is 1. The zero-order valence-corrected chi connectivity index (χ0v) is 7.02. The maximum Gasteiger partial charge on any atom is 0.477 e. The molecule has 1 nitrogen and oxygen atoms in total. The Balaban J connectivity index is 4.63. The average Bonchev–Trinajstić information content (AvgIpc) is 1.83. The summed E-state index contributed by atoms with van der Waals surface area (Å²) in [5.41, 5.74) is 0. The second-order valence-electron chi connectivity index (χ2n) is 1.65. The molecule has 0 unspecified atom stereocenters. The molecule has 0 aliphatic rings. The van der Waals surface area contributed by atoms with Crippen LogP contribution in [0, 0.1) is 0 Å². The quantitative estimate of drug-likeness (QED) is 0.435. The summed E-state index contributed by atoms with van der Waals surface area (Å²) in [5, 5.41) is 0. The van der Waals surface area contributed by atoms with Gasteiger partial charge in [-0.15, -0.1) is 0 Å². The van der Waals surface area contributed by atoms with E-state index < -0.39 is 23.0 Å². The molecule has 0 aromatic heterocycles. The predicted molar refractivity (Wildman–Crippen MR) is 30.3 cm³/mol. The number of alkyl halides is 5. The third kappa shape index (κ3) is 3.41. The molecule has 0 N–H and O–H groups in total. The Bertz CT molecular complexity index is 215. The van der Waals surface area contributed by atoms with Gasteiger partial charge in [0, 0.05) is 15.9 Å². The summed E-state index contributed by atoms with van der Waals surface area (Å²) in [6.45, 7) is 0. The van der Waals surface area contributed by atoms with Crippen LogP contribution in [0.25, 0.3) is 0 Å². The summed E-state index contributed by atoms with van der Waals surface area (Å²) in [5.74, 6) is 0. The minimum absolute atomic E-state index is 1.14. The van der Waals surface area contributed by atoms with Crippen LogP contribution in [0.4, 0.5) is 30.7 Å². The van der Waals surface area contributed by atoms with E-state index in [-0.39, 0.29) is 0 Å². The van der Waals surface area contributed by atoms with Gasteiger partial charge in [-0.2, -0.15) is 30.7 Å². The van der Waals surface area contributed by atoms with Crippen molar-refractivity contribution < 1.29 is 35.5 Å². The maximum atomic E-state index is 11.9. The van der Waals surface area contributed by atoms with Gasteiger partial charge in [-0.25, -0.2) is 0 Å². The molecule has 0 saturated carbocycles. The van der Waals surface area contributed by atoms with Crippen LogP contribution in [-0.2, 0) is 4.74 Å². The number of halogens is 8. The van der Waals surface area contributed by atoms with Crippen LogP contribution in [0.15, 0.2) is 12.1 Å². The van der Waals surface area contributed by atoms with Crippen LogP contribution in [0.3, 0.4) is 0 Å². The fourth-order valence-corrected chi connectivity index (χ4v) is 0.290. The lowest BCUT2D eigenvalue weighted by Crippen LogP contribution is -2.37. The number of hydrogen-bond donors (Lipinski definition) is 0. The van der Waals surface area contributed by atoms with Gasteiger partial charge in [0.25, 0.3) is 0 Å². The summed E-state index contributed by atoms with van der Waals surface area (Å²) < 4.78 is 83.6. The Hall–Kier alpha value is -0.470. The molecule has 0 spiro atoms. The topological polar surface area (TPSA) is 9.23 Å². The van der Waals surface area contributed by atoms with Gasteiger partial charge >= 0.3 is 23.0 Å². The SMILES string of the molecule is FC(F)=C(F)OC(F)(F)C(F)(F)Br. The molecule has 0 bridgehead atoms. The number of rotatable bonds is 3. The van der Waals surface area contributed by atoms with Crippen LogP contribution >= 0.6 is 15.9 Å². The monoisotopic (exact) mass is 276 g/mol. The summed E-state index contributed by atoms with van der Waals surface area (Å²) >= 11 is 1.14. The van der Waals surface area contributed by atoms with E-state index in [0.717, 1.165) is 15.9 Å². The molecule has 9 heteroatoms. The first kappa shape index (κ1) is 12.5. The van der Waals surface area contributed by atoms with E-state index in [1.807, 2.05) is 0 Å². The fourth-order valence-electron chi connectivity index (χ4n) is 0.209. The van der Waals surface area contributed by atoms with Crippen molar-refractivity contribution in [3.63, 3.8) is 0 Å². The van der Waals surface area contributed by atoms with E-state index in [0.29, 0.717) is 0 Å². The Morgan fingerprint density at radius 3 is 1.62 bits per heavy atom. The molecular weight excluding hydrogens is 277 g/mol. The third-order valence-corrected chi connectivity index (χ3v) is 1.16. The van der Waals surface area contributed by atoms with Crippen LogP contribution in [-0.4, -0.2) is 10.9 Å². The molecule has 78 valence electrons. The van der Waals surface area contributed by atoms with Gasteiger partial charge in [0.15, 0.2) is 0 Å².